The van der Waals surface area contributed by atoms with Crippen molar-refractivity contribution in [2.45, 2.75) is 34.6 Å². The molecule has 1 heteroatoms. The molecule has 0 aliphatic heterocycles. The van der Waals surface area contributed by atoms with Crippen LogP contribution in [-0.4, -0.2) is 0 Å². The van der Waals surface area contributed by atoms with Gasteiger partial charge in [-0.05, 0) is 32.5 Å². The zero-order chi connectivity index (χ0) is 11.2. The molecule has 1 N–H and O–H groups in total. The molecular formula is C13H23N. The molecule has 0 saturated carbocycles. The maximum atomic E-state index is 3.04. The number of nitrogens with one attached hydrogen (secondary N) is 1. The molecule has 80 valence electrons. The van der Waals surface area contributed by atoms with Crippen LogP contribution in [0.5, 0.6) is 0 Å². The second-order valence-electron chi connectivity index (χ2n) is 2.44. The molecule has 0 aliphatic rings. The first kappa shape index (κ1) is 15.2. The molecule has 0 aliphatic carbocycles. The monoisotopic (exact) mass is 193 g/mol. The molecule has 0 rings (SSSR count). The molecule has 0 fully saturated rings. The smallest absolute Gasteiger partial charge is 0.00338 e. The van der Waals surface area contributed by atoms with Gasteiger partial charge in [0.2, 0.25) is 0 Å². The second kappa shape index (κ2) is 14.3. The lowest BCUT2D eigenvalue weighted by Gasteiger charge is -1.91. The summed E-state index contributed by atoms with van der Waals surface area (Å²) in [4.78, 5) is 0. The average molecular weight is 193 g/mol. The van der Waals surface area contributed by atoms with Crippen LogP contribution in [0.15, 0.2) is 48.4 Å². The summed E-state index contributed by atoms with van der Waals surface area (Å²) in [6.07, 6.45) is 13.9. The van der Waals surface area contributed by atoms with Crippen molar-refractivity contribution >= 4 is 0 Å². The number of hydrogen-bond acceptors (Lipinski definition) is 1. The van der Waals surface area contributed by atoms with E-state index in [-0.39, 0.29) is 0 Å². The van der Waals surface area contributed by atoms with Crippen LogP contribution in [-0.2, 0) is 0 Å². The summed E-state index contributed by atoms with van der Waals surface area (Å²) in [6, 6.07) is 0. The van der Waals surface area contributed by atoms with Gasteiger partial charge >= 0.3 is 0 Å². The third-order valence-electron chi connectivity index (χ3n) is 1.24. The molecule has 0 spiro atoms. The van der Waals surface area contributed by atoms with Crippen LogP contribution in [0.1, 0.15) is 34.6 Å². The second-order valence-corrected chi connectivity index (χ2v) is 2.44. The first-order chi connectivity index (χ1) is 6.81. The highest BCUT2D eigenvalue weighted by Crippen LogP contribution is 1.92. The molecule has 0 heterocycles. The van der Waals surface area contributed by atoms with Gasteiger partial charge in [-0.2, -0.15) is 0 Å². The normalized spacial score (nSPS) is 12.2. The Hall–Kier alpha value is -1.24. The predicted octanol–water partition coefficient (Wildman–Crippen LogP) is 4.17. The molecule has 0 aromatic carbocycles. The fourth-order valence-corrected chi connectivity index (χ4v) is 0.642. The fraction of sp³-hybridized carbons (Fsp3) is 0.385. The lowest BCUT2D eigenvalue weighted by molar-refractivity contribution is 1.16. The Balaban J connectivity index is 0. The van der Waals surface area contributed by atoms with Crippen LogP contribution < -0.4 is 5.32 Å². The van der Waals surface area contributed by atoms with Crippen molar-refractivity contribution in [3.05, 3.63) is 48.4 Å². The SMILES string of the molecule is CC.C\C=C/C=C\C(C)=C\N/C=C/C. The van der Waals surface area contributed by atoms with E-state index in [4.69, 9.17) is 0 Å². The zero-order valence-corrected chi connectivity index (χ0v) is 10.0. The van der Waals surface area contributed by atoms with Gasteiger partial charge in [-0.25, -0.2) is 0 Å². The Bertz CT molecular complexity index is 207. The molecule has 0 amide bonds. The molecule has 1 nitrogen and oxygen atoms in total. The Morgan fingerprint density at radius 1 is 1.00 bits per heavy atom. The zero-order valence-electron chi connectivity index (χ0n) is 10.0. The van der Waals surface area contributed by atoms with Crippen molar-refractivity contribution in [3.63, 3.8) is 0 Å². The van der Waals surface area contributed by atoms with Gasteiger partial charge in [0.1, 0.15) is 0 Å². The van der Waals surface area contributed by atoms with E-state index in [2.05, 4.69) is 18.3 Å². The number of allylic oxidation sites excluding steroid dienone is 6. The third kappa shape index (κ3) is 13.4. The Morgan fingerprint density at radius 2 is 1.64 bits per heavy atom. The maximum Gasteiger partial charge on any atom is 0.00338 e. The molecule has 0 radical (unpaired) electrons. The van der Waals surface area contributed by atoms with E-state index in [1.165, 1.54) is 5.57 Å². The fourth-order valence-electron chi connectivity index (χ4n) is 0.642. The molecule has 0 aromatic heterocycles. The van der Waals surface area contributed by atoms with Crippen molar-refractivity contribution in [3.8, 4) is 0 Å². The number of hydrogen-bond donors (Lipinski definition) is 1. The highest BCUT2D eigenvalue weighted by atomic mass is 14.8. The Labute approximate surface area is 88.9 Å². The summed E-state index contributed by atoms with van der Waals surface area (Å²) in [5.74, 6) is 0. The van der Waals surface area contributed by atoms with E-state index in [1.54, 1.807) is 0 Å². The van der Waals surface area contributed by atoms with Crippen molar-refractivity contribution < 1.29 is 0 Å². The van der Waals surface area contributed by atoms with Gasteiger partial charge in [0.15, 0.2) is 0 Å². The molecule has 14 heavy (non-hydrogen) atoms. The summed E-state index contributed by atoms with van der Waals surface area (Å²) in [7, 11) is 0. The van der Waals surface area contributed by atoms with Gasteiger partial charge in [-0.3, -0.25) is 0 Å². The summed E-state index contributed by atoms with van der Waals surface area (Å²) in [5.41, 5.74) is 1.20. The van der Waals surface area contributed by atoms with Crippen molar-refractivity contribution in [2.24, 2.45) is 0 Å². The summed E-state index contributed by atoms with van der Waals surface area (Å²) < 4.78 is 0. The van der Waals surface area contributed by atoms with Crippen LogP contribution in [0.25, 0.3) is 0 Å². The summed E-state index contributed by atoms with van der Waals surface area (Å²) in [6.45, 7) is 10.0. The van der Waals surface area contributed by atoms with Gasteiger partial charge in [0.05, 0.1) is 0 Å². The molecule has 0 unspecified atom stereocenters. The maximum absolute atomic E-state index is 3.04. The van der Waals surface area contributed by atoms with Gasteiger partial charge in [-0.1, -0.05) is 44.2 Å². The Morgan fingerprint density at radius 3 is 2.14 bits per heavy atom. The van der Waals surface area contributed by atoms with Crippen LogP contribution >= 0.6 is 0 Å². The van der Waals surface area contributed by atoms with Gasteiger partial charge in [-0.15, -0.1) is 0 Å². The van der Waals surface area contributed by atoms with Crippen LogP contribution in [0, 0.1) is 0 Å². The van der Waals surface area contributed by atoms with Crippen LogP contribution in [0.4, 0.5) is 0 Å². The summed E-state index contributed by atoms with van der Waals surface area (Å²) >= 11 is 0. The average Bonchev–Trinajstić information content (AvgIpc) is 2.22. The standard InChI is InChI=1S/C11H17N.C2H6/c1-4-6-7-8-11(3)10-12-9-5-2;1-2/h4-10,12H,1-3H3;1-2H3/b6-4-,8-7-,9-5+,11-10+;. The summed E-state index contributed by atoms with van der Waals surface area (Å²) in [5, 5.41) is 3.04. The van der Waals surface area contributed by atoms with E-state index in [1.807, 2.05) is 64.4 Å². The minimum atomic E-state index is 1.20. The van der Waals surface area contributed by atoms with E-state index in [9.17, 15) is 0 Å². The van der Waals surface area contributed by atoms with Crippen molar-refractivity contribution in [1.29, 1.82) is 0 Å². The van der Waals surface area contributed by atoms with Crippen LogP contribution in [0.2, 0.25) is 0 Å². The first-order valence-corrected chi connectivity index (χ1v) is 5.14. The topological polar surface area (TPSA) is 12.0 Å². The van der Waals surface area contributed by atoms with Gasteiger partial charge < -0.3 is 5.32 Å². The third-order valence-corrected chi connectivity index (χ3v) is 1.24. The molecule has 0 saturated heterocycles. The minimum Gasteiger partial charge on any atom is -0.368 e. The Kier molecular flexibility index (Phi) is 15.6. The largest absolute Gasteiger partial charge is 0.368 e. The predicted molar refractivity (Wildman–Crippen MR) is 67.0 cm³/mol. The molecule has 0 bridgehead atoms. The lowest BCUT2D eigenvalue weighted by Crippen LogP contribution is -1.91. The molecule has 0 atom stereocenters. The van der Waals surface area contributed by atoms with Crippen molar-refractivity contribution in [2.75, 3.05) is 0 Å². The van der Waals surface area contributed by atoms with E-state index in [0.29, 0.717) is 0 Å². The highest BCUT2D eigenvalue weighted by Gasteiger charge is 1.76. The highest BCUT2D eigenvalue weighted by molar-refractivity contribution is 5.19. The quantitative estimate of drug-likeness (QED) is 0.661. The first-order valence-electron chi connectivity index (χ1n) is 5.14. The van der Waals surface area contributed by atoms with Gasteiger partial charge in [0, 0.05) is 6.20 Å². The van der Waals surface area contributed by atoms with Crippen LogP contribution in [0.3, 0.4) is 0 Å². The van der Waals surface area contributed by atoms with E-state index >= 15 is 0 Å². The van der Waals surface area contributed by atoms with E-state index in [0.717, 1.165) is 0 Å². The molecule has 0 aromatic rings. The number of rotatable bonds is 4. The van der Waals surface area contributed by atoms with E-state index < -0.39 is 0 Å². The van der Waals surface area contributed by atoms with Gasteiger partial charge in [0.25, 0.3) is 0 Å². The lowest BCUT2D eigenvalue weighted by atomic mass is 10.3. The molecular weight excluding hydrogens is 170 g/mol. The van der Waals surface area contributed by atoms with Crippen molar-refractivity contribution in [1.82, 2.24) is 5.32 Å². The minimum absolute atomic E-state index is 1.20.